The molecule has 5 heteroatoms. The molecule has 17 heavy (non-hydrogen) atoms. The van der Waals surface area contributed by atoms with Gasteiger partial charge in [0, 0.05) is 26.0 Å². The van der Waals surface area contributed by atoms with Gasteiger partial charge in [-0.1, -0.05) is 20.8 Å². The summed E-state index contributed by atoms with van der Waals surface area (Å²) in [6, 6.07) is 0. The van der Waals surface area contributed by atoms with Crippen LogP contribution in [0.25, 0.3) is 5.65 Å². The minimum absolute atomic E-state index is 0.209. The van der Waals surface area contributed by atoms with Gasteiger partial charge in [-0.25, -0.2) is 9.97 Å². The maximum Gasteiger partial charge on any atom is 0.180 e. The van der Waals surface area contributed by atoms with Crippen LogP contribution >= 0.6 is 0 Å². The van der Waals surface area contributed by atoms with Gasteiger partial charge in [0.15, 0.2) is 11.5 Å². The predicted molar refractivity (Wildman–Crippen MR) is 70.5 cm³/mol. The summed E-state index contributed by atoms with van der Waals surface area (Å²) in [5, 5.41) is 6.40. The summed E-state index contributed by atoms with van der Waals surface area (Å²) in [6.45, 7) is 7.41. The first-order chi connectivity index (χ1) is 7.99. The van der Waals surface area contributed by atoms with Crippen molar-refractivity contribution in [2.24, 2.45) is 5.41 Å². The van der Waals surface area contributed by atoms with Crippen molar-refractivity contribution in [3.05, 3.63) is 18.6 Å². The minimum Gasteiger partial charge on any atom is -0.372 e. The van der Waals surface area contributed by atoms with Gasteiger partial charge in [0.25, 0.3) is 0 Å². The first kappa shape index (κ1) is 11.7. The van der Waals surface area contributed by atoms with Gasteiger partial charge >= 0.3 is 0 Å². The van der Waals surface area contributed by atoms with Crippen LogP contribution in [0, 0.1) is 5.41 Å². The average molecular weight is 233 g/mol. The summed E-state index contributed by atoms with van der Waals surface area (Å²) in [5.74, 6) is 1.64. The maximum absolute atomic E-state index is 4.49. The van der Waals surface area contributed by atoms with Crippen LogP contribution in [-0.4, -0.2) is 28.0 Å². The number of hydrogen-bond donors (Lipinski definition) is 2. The molecule has 0 radical (unpaired) electrons. The molecule has 2 aromatic rings. The van der Waals surface area contributed by atoms with Crippen molar-refractivity contribution in [1.82, 2.24) is 14.4 Å². The summed E-state index contributed by atoms with van der Waals surface area (Å²) in [7, 11) is 1.86. The van der Waals surface area contributed by atoms with E-state index in [0.29, 0.717) is 0 Å². The highest BCUT2D eigenvalue weighted by Crippen LogP contribution is 2.19. The first-order valence-electron chi connectivity index (χ1n) is 5.75. The van der Waals surface area contributed by atoms with Gasteiger partial charge in [0.1, 0.15) is 5.82 Å². The second-order valence-electron chi connectivity index (χ2n) is 5.30. The molecular weight excluding hydrogens is 214 g/mol. The largest absolute Gasteiger partial charge is 0.372 e. The Kier molecular flexibility index (Phi) is 2.92. The Labute approximate surface area is 101 Å². The zero-order valence-corrected chi connectivity index (χ0v) is 10.8. The zero-order valence-electron chi connectivity index (χ0n) is 10.8. The van der Waals surface area contributed by atoms with E-state index in [4.69, 9.17) is 0 Å². The fraction of sp³-hybridized carbons (Fsp3) is 0.500. The maximum atomic E-state index is 4.49. The molecule has 0 aliphatic rings. The quantitative estimate of drug-likeness (QED) is 0.853. The van der Waals surface area contributed by atoms with E-state index in [9.17, 15) is 0 Å². The van der Waals surface area contributed by atoms with E-state index in [-0.39, 0.29) is 5.41 Å². The molecule has 2 N–H and O–H groups in total. The molecule has 0 bridgehead atoms. The molecule has 0 aliphatic heterocycles. The summed E-state index contributed by atoms with van der Waals surface area (Å²) in [5.41, 5.74) is 1.06. The molecule has 0 saturated heterocycles. The van der Waals surface area contributed by atoms with Crippen LogP contribution in [-0.2, 0) is 0 Å². The first-order valence-corrected chi connectivity index (χ1v) is 5.75. The number of rotatable bonds is 3. The van der Waals surface area contributed by atoms with Crippen molar-refractivity contribution in [3.8, 4) is 0 Å². The lowest BCUT2D eigenvalue weighted by Crippen LogP contribution is -2.20. The molecule has 2 aromatic heterocycles. The Balaban J connectivity index is 2.34. The molecule has 0 unspecified atom stereocenters. The molecule has 2 rings (SSSR count). The van der Waals surface area contributed by atoms with E-state index >= 15 is 0 Å². The molecule has 0 amide bonds. The van der Waals surface area contributed by atoms with E-state index in [1.165, 1.54) is 0 Å². The van der Waals surface area contributed by atoms with Crippen molar-refractivity contribution < 1.29 is 0 Å². The van der Waals surface area contributed by atoms with Crippen LogP contribution in [0.2, 0.25) is 0 Å². The molecule has 0 spiro atoms. The lowest BCUT2D eigenvalue weighted by molar-refractivity contribution is 0.442. The van der Waals surface area contributed by atoms with E-state index in [2.05, 4.69) is 41.4 Å². The monoisotopic (exact) mass is 233 g/mol. The lowest BCUT2D eigenvalue weighted by Gasteiger charge is -2.19. The summed E-state index contributed by atoms with van der Waals surface area (Å²) < 4.78 is 1.96. The van der Waals surface area contributed by atoms with Gasteiger partial charge in [0.2, 0.25) is 0 Å². The molecule has 0 fully saturated rings. The van der Waals surface area contributed by atoms with Crippen molar-refractivity contribution in [3.63, 3.8) is 0 Å². The Morgan fingerprint density at radius 1 is 1.35 bits per heavy atom. The topological polar surface area (TPSA) is 54.2 Å². The highest BCUT2D eigenvalue weighted by atomic mass is 15.1. The van der Waals surface area contributed by atoms with Crippen molar-refractivity contribution in [2.75, 3.05) is 24.2 Å². The van der Waals surface area contributed by atoms with Gasteiger partial charge in [-0.15, -0.1) is 0 Å². The molecular formula is C12H19N5. The number of nitrogens with one attached hydrogen (secondary N) is 2. The minimum atomic E-state index is 0.209. The van der Waals surface area contributed by atoms with Crippen LogP contribution in [0.15, 0.2) is 18.6 Å². The molecule has 2 heterocycles. The number of anilines is 2. The van der Waals surface area contributed by atoms with E-state index in [1.54, 1.807) is 6.20 Å². The fourth-order valence-electron chi connectivity index (χ4n) is 1.52. The second kappa shape index (κ2) is 4.24. The van der Waals surface area contributed by atoms with Gasteiger partial charge in [-0.05, 0) is 5.41 Å². The van der Waals surface area contributed by atoms with Crippen LogP contribution in [0.5, 0.6) is 0 Å². The van der Waals surface area contributed by atoms with Crippen molar-refractivity contribution in [1.29, 1.82) is 0 Å². The molecule has 0 saturated carbocycles. The highest BCUT2D eigenvalue weighted by molar-refractivity contribution is 5.65. The smallest absolute Gasteiger partial charge is 0.180 e. The second-order valence-corrected chi connectivity index (χ2v) is 5.30. The summed E-state index contributed by atoms with van der Waals surface area (Å²) in [4.78, 5) is 8.79. The van der Waals surface area contributed by atoms with Crippen LogP contribution in [0.1, 0.15) is 20.8 Å². The number of fused-ring (bicyclic) bond motifs is 1. The molecule has 5 nitrogen and oxygen atoms in total. The fourth-order valence-corrected chi connectivity index (χ4v) is 1.52. The normalized spacial score (nSPS) is 11.8. The Bertz CT molecular complexity index is 509. The molecule has 92 valence electrons. The number of imidazole rings is 1. The summed E-state index contributed by atoms with van der Waals surface area (Å²) in [6.07, 6.45) is 5.61. The van der Waals surface area contributed by atoms with Crippen molar-refractivity contribution in [2.45, 2.75) is 20.8 Å². The standard InChI is InChI=1S/C12H19N5/c1-12(2,3)8-15-10-11-14-5-6-17(11)7-9(13-4)16-10/h5-7,13H,8H2,1-4H3,(H,15,16). The van der Waals surface area contributed by atoms with Crippen molar-refractivity contribution >= 4 is 17.3 Å². The van der Waals surface area contributed by atoms with Gasteiger partial charge < -0.3 is 15.0 Å². The SMILES string of the molecule is CNc1cn2ccnc2c(NCC(C)(C)C)n1. The Morgan fingerprint density at radius 2 is 2.12 bits per heavy atom. The third kappa shape index (κ3) is 2.67. The summed E-state index contributed by atoms with van der Waals surface area (Å²) >= 11 is 0. The number of hydrogen-bond acceptors (Lipinski definition) is 4. The van der Waals surface area contributed by atoms with Gasteiger partial charge in [-0.2, -0.15) is 0 Å². The number of aromatic nitrogens is 3. The van der Waals surface area contributed by atoms with Gasteiger partial charge in [-0.3, -0.25) is 0 Å². The average Bonchev–Trinajstić information content (AvgIpc) is 2.72. The third-order valence-corrected chi connectivity index (χ3v) is 2.42. The Morgan fingerprint density at radius 3 is 2.76 bits per heavy atom. The molecule has 0 atom stereocenters. The van der Waals surface area contributed by atoms with E-state index in [0.717, 1.165) is 23.8 Å². The van der Waals surface area contributed by atoms with E-state index in [1.807, 2.05) is 23.8 Å². The molecule has 0 aromatic carbocycles. The lowest BCUT2D eigenvalue weighted by atomic mass is 9.97. The Hall–Kier alpha value is -1.78. The number of nitrogens with zero attached hydrogens (tertiary/aromatic N) is 3. The zero-order chi connectivity index (χ0) is 12.5. The predicted octanol–water partition coefficient (Wildman–Crippen LogP) is 2.23. The van der Waals surface area contributed by atoms with Crippen LogP contribution in [0.3, 0.4) is 0 Å². The van der Waals surface area contributed by atoms with E-state index < -0.39 is 0 Å². The third-order valence-electron chi connectivity index (χ3n) is 2.42. The van der Waals surface area contributed by atoms with Gasteiger partial charge in [0.05, 0.1) is 6.20 Å². The highest BCUT2D eigenvalue weighted by Gasteiger charge is 2.12. The van der Waals surface area contributed by atoms with Crippen LogP contribution < -0.4 is 10.6 Å². The van der Waals surface area contributed by atoms with Crippen LogP contribution in [0.4, 0.5) is 11.6 Å². The molecule has 0 aliphatic carbocycles.